The van der Waals surface area contributed by atoms with Crippen molar-refractivity contribution in [1.29, 1.82) is 0 Å². The smallest absolute Gasteiger partial charge is 0.243 e. The van der Waals surface area contributed by atoms with Crippen LogP contribution in [-0.4, -0.2) is 43.4 Å². The summed E-state index contributed by atoms with van der Waals surface area (Å²) in [6.45, 7) is 4.26. The highest BCUT2D eigenvalue weighted by molar-refractivity contribution is 5.95. The number of rotatable bonds is 7. The predicted octanol–water partition coefficient (Wildman–Crippen LogP) is 2.85. The standard InChI is InChI=1S/C19H29N3O2.ClH/c1-3-16-6-4-5-7-17(16)21-18(23)14-22(2)19(24)9-8-15-10-12-20-13-11-15;/h4-7,15,20H,3,8-14H2,1-2H3,(H,21,23);1H. The average Bonchev–Trinajstić information content (AvgIpc) is 2.60. The molecule has 1 aliphatic heterocycles. The quantitative estimate of drug-likeness (QED) is 0.779. The maximum absolute atomic E-state index is 12.2. The minimum Gasteiger partial charge on any atom is -0.336 e. The van der Waals surface area contributed by atoms with E-state index in [1.807, 2.05) is 24.3 Å². The normalized spacial score (nSPS) is 14.5. The van der Waals surface area contributed by atoms with E-state index in [0.717, 1.165) is 50.0 Å². The largest absolute Gasteiger partial charge is 0.336 e. The molecule has 0 unspecified atom stereocenters. The summed E-state index contributed by atoms with van der Waals surface area (Å²) in [6.07, 6.45) is 4.60. The molecule has 2 N–H and O–H groups in total. The van der Waals surface area contributed by atoms with Crippen molar-refractivity contribution < 1.29 is 9.59 Å². The summed E-state index contributed by atoms with van der Waals surface area (Å²) in [5, 5.41) is 6.25. The van der Waals surface area contributed by atoms with E-state index in [1.54, 1.807) is 7.05 Å². The van der Waals surface area contributed by atoms with Crippen molar-refractivity contribution in [2.75, 3.05) is 32.0 Å². The summed E-state index contributed by atoms with van der Waals surface area (Å²) in [5.74, 6) is 0.537. The Hall–Kier alpha value is -1.59. The van der Waals surface area contributed by atoms with Crippen molar-refractivity contribution in [2.24, 2.45) is 5.92 Å². The van der Waals surface area contributed by atoms with Gasteiger partial charge in [-0.05, 0) is 56.3 Å². The number of amides is 2. The minimum atomic E-state index is -0.145. The lowest BCUT2D eigenvalue weighted by Crippen LogP contribution is -2.35. The zero-order valence-electron chi connectivity index (χ0n) is 15.2. The van der Waals surface area contributed by atoms with Crippen LogP contribution in [0.1, 0.15) is 38.2 Å². The summed E-state index contributed by atoms with van der Waals surface area (Å²) in [5.41, 5.74) is 1.94. The van der Waals surface area contributed by atoms with Crippen LogP contribution in [0.4, 0.5) is 5.69 Å². The number of nitrogens with zero attached hydrogens (tertiary/aromatic N) is 1. The van der Waals surface area contributed by atoms with Crippen molar-refractivity contribution in [3.63, 3.8) is 0 Å². The van der Waals surface area contributed by atoms with Crippen molar-refractivity contribution in [1.82, 2.24) is 10.2 Å². The number of benzene rings is 1. The third-order valence-corrected chi connectivity index (χ3v) is 4.70. The van der Waals surface area contributed by atoms with Crippen LogP contribution in [0.5, 0.6) is 0 Å². The lowest BCUT2D eigenvalue weighted by molar-refractivity contribution is -0.133. The number of piperidine rings is 1. The van der Waals surface area contributed by atoms with E-state index >= 15 is 0 Å². The number of carbonyl (C=O) groups excluding carboxylic acids is 2. The first kappa shape index (κ1) is 21.5. The molecular formula is C19H30ClN3O2. The second kappa shape index (κ2) is 11.1. The Morgan fingerprint density at radius 2 is 1.92 bits per heavy atom. The van der Waals surface area contributed by atoms with Crippen LogP contribution in [-0.2, 0) is 16.0 Å². The summed E-state index contributed by atoms with van der Waals surface area (Å²) < 4.78 is 0. The van der Waals surface area contributed by atoms with Gasteiger partial charge in [-0.15, -0.1) is 12.4 Å². The van der Waals surface area contributed by atoms with E-state index in [9.17, 15) is 9.59 Å². The van der Waals surface area contributed by atoms with Gasteiger partial charge in [-0.2, -0.15) is 0 Å². The van der Waals surface area contributed by atoms with Crippen LogP contribution in [0.2, 0.25) is 0 Å². The highest BCUT2D eigenvalue weighted by Crippen LogP contribution is 2.18. The number of carbonyl (C=O) groups is 2. The molecule has 0 radical (unpaired) electrons. The molecule has 5 nitrogen and oxygen atoms in total. The third-order valence-electron chi connectivity index (χ3n) is 4.70. The lowest BCUT2D eigenvalue weighted by Gasteiger charge is -2.23. The molecule has 0 aromatic heterocycles. The van der Waals surface area contributed by atoms with E-state index in [0.29, 0.717) is 12.3 Å². The van der Waals surface area contributed by atoms with Gasteiger partial charge >= 0.3 is 0 Å². The van der Waals surface area contributed by atoms with Gasteiger partial charge in [-0.25, -0.2) is 0 Å². The Morgan fingerprint density at radius 3 is 2.60 bits per heavy atom. The van der Waals surface area contributed by atoms with Crippen LogP contribution in [0.15, 0.2) is 24.3 Å². The Bertz CT molecular complexity index is 559. The molecule has 140 valence electrons. The molecule has 1 heterocycles. The number of halogens is 1. The van der Waals surface area contributed by atoms with E-state index in [4.69, 9.17) is 0 Å². The first-order valence-corrected chi connectivity index (χ1v) is 8.92. The molecule has 1 aliphatic rings. The molecule has 0 bridgehead atoms. The highest BCUT2D eigenvalue weighted by Gasteiger charge is 2.18. The highest BCUT2D eigenvalue weighted by atomic mass is 35.5. The van der Waals surface area contributed by atoms with Gasteiger partial charge in [-0.1, -0.05) is 25.1 Å². The molecule has 2 rings (SSSR count). The van der Waals surface area contributed by atoms with Crippen LogP contribution in [0, 0.1) is 5.92 Å². The maximum Gasteiger partial charge on any atom is 0.243 e. The molecule has 1 aromatic rings. The molecule has 1 aromatic carbocycles. The molecule has 0 aliphatic carbocycles. The van der Waals surface area contributed by atoms with Gasteiger partial charge < -0.3 is 15.5 Å². The van der Waals surface area contributed by atoms with Crippen LogP contribution in [0.3, 0.4) is 0 Å². The van der Waals surface area contributed by atoms with Crippen molar-refractivity contribution >= 4 is 29.9 Å². The maximum atomic E-state index is 12.2. The molecule has 0 spiro atoms. The molecule has 25 heavy (non-hydrogen) atoms. The lowest BCUT2D eigenvalue weighted by atomic mass is 9.93. The predicted molar refractivity (Wildman–Crippen MR) is 104 cm³/mol. The number of hydrogen-bond donors (Lipinski definition) is 2. The Balaban J connectivity index is 0.00000312. The van der Waals surface area contributed by atoms with Gasteiger partial charge in [0.1, 0.15) is 0 Å². The fraction of sp³-hybridized carbons (Fsp3) is 0.579. The van der Waals surface area contributed by atoms with Gasteiger partial charge in [0.15, 0.2) is 0 Å². The Labute approximate surface area is 157 Å². The van der Waals surface area contributed by atoms with E-state index in [2.05, 4.69) is 17.6 Å². The van der Waals surface area contributed by atoms with E-state index in [1.165, 1.54) is 4.90 Å². The number of nitrogens with one attached hydrogen (secondary N) is 2. The SMILES string of the molecule is CCc1ccccc1NC(=O)CN(C)C(=O)CCC1CCNCC1.Cl. The van der Waals surface area contributed by atoms with Gasteiger partial charge in [0.25, 0.3) is 0 Å². The number of aryl methyl sites for hydroxylation is 1. The van der Waals surface area contributed by atoms with E-state index < -0.39 is 0 Å². The van der Waals surface area contributed by atoms with Gasteiger partial charge in [0.05, 0.1) is 6.54 Å². The molecular weight excluding hydrogens is 338 g/mol. The fourth-order valence-corrected chi connectivity index (χ4v) is 3.13. The molecule has 0 saturated carbocycles. The number of hydrogen-bond acceptors (Lipinski definition) is 3. The monoisotopic (exact) mass is 367 g/mol. The topological polar surface area (TPSA) is 61.4 Å². The third kappa shape index (κ3) is 7.04. The van der Waals surface area contributed by atoms with Crippen molar-refractivity contribution in [2.45, 2.75) is 39.0 Å². The Kier molecular flexibility index (Phi) is 9.53. The summed E-state index contributed by atoms with van der Waals surface area (Å²) in [6, 6.07) is 7.77. The minimum absolute atomic E-state index is 0. The molecule has 2 amide bonds. The number of likely N-dealkylation sites (N-methyl/N-ethyl adjacent to an activating group) is 1. The summed E-state index contributed by atoms with van der Waals surface area (Å²) in [4.78, 5) is 25.9. The van der Waals surface area contributed by atoms with Crippen LogP contribution >= 0.6 is 12.4 Å². The van der Waals surface area contributed by atoms with Crippen LogP contribution < -0.4 is 10.6 Å². The first-order chi connectivity index (χ1) is 11.6. The van der Waals surface area contributed by atoms with Crippen molar-refractivity contribution in [3.8, 4) is 0 Å². The summed E-state index contributed by atoms with van der Waals surface area (Å²) in [7, 11) is 1.70. The molecule has 1 fully saturated rings. The summed E-state index contributed by atoms with van der Waals surface area (Å²) >= 11 is 0. The molecule has 6 heteroatoms. The molecule has 1 saturated heterocycles. The van der Waals surface area contributed by atoms with Gasteiger partial charge in [0.2, 0.25) is 11.8 Å². The molecule has 0 atom stereocenters. The van der Waals surface area contributed by atoms with Gasteiger partial charge in [-0.3, -0.25) is 9.59 Å². The zero-order chi connectivity index (χ0) is 17.4. The number of para-hydroxylation sites is 1. The number of anilines is 1. The second-order valence-electron chi connectivity index (χ2n) is 6.54. The second-order valence-corrected chi connectivity index (χ2v) is 6.54. The Morgan fingerprint density at radius 1 is 1.24 bits per heavy atom. The van der Waals surface area contributed by atoms with Crippen molar-refractivity contribution in [3.05, 3.63) is 29.8 Å². The first-order valence-electron chi connectivity index (χ1n) is 8.92. The van der Waals surface area contributed by atoms with E-state index in [-0.39, 0.29) is 30.8 Å². The van der Waals surface area contributed by atoms with Gasteiger partial charge in [0, 0.05) is 19.2 Å². The van der Waals surface area contributed by atoms with Crippen LogP contribution in [0.25, 0.3) is 0 Å². The zero-order valence-corrected chi connectivity index (χ0v) is 16.0. The average molecular weight is 368 g/mol. The fourth-order valence-electron chi connectivity index (χ4n) is 3.13.